The molecule has 0 radical (unpaired) electrons. The molecular weight excluding hydrogens is 1660 g/mol. The summed E-state index contributed by atoms with van der Waals surface area (Å²) in [7, 11) is -3.24. The number of benzene rings is 2. The molecule has 4 bridgehead atoms. The number of Topliss-reactive ketones (excluding diaryl/α,β-unsaturated/α-hetero) is 2. The van der Waals surface area contributed by atoms with Crippen molar-refractivity contribution in [3.63, 3.8) is 0 Å². The highest BCUT2D eigenvalue weighted by molar-refractivity contribution is 7.54. The largest absolute Gasteiger partial charge is 0.508 e. The van der Waals surface area contributed by atoms with Gasteiger partial charge in [-0.15, -0.1) is 0 Å². The summed E-state index contributed by atoms with van der Waals surface area (Å²) in [6.07, 6.45) is 13.8. The molecule has 0 spiro atoms. The summed E-state index contributed by atoms with van der Waals surface area (Å²) in [5.74, 6) is -11.3. The number of allylic oxidation sites excluding steroid dienone is 7. The number of fused-ring (bicyclic) bond motifs is 4. The number of esters is 2. The summed E-state index contributed by atoms with van der Waals surface area (Å²) in [6, 6.07) is 5.79. The number of carbonyl (C=O) groups is 13. The van der Waals surface area contributed by atoms with Gasteiger partial charge in [0.2, 0.25) is 35.4 Å². The van der Waals surface area contributed by atoms with E-state index in [0.717, 1.165) is 0 Å². The molecule has 2 aromatic carbocycles. The summed E-state index contributed by atoms with van der Waals surface area (Å²) in [5.41, 5.74) is 8.11. The zero-order valence-corrected chi connectivity index (χ0v) is 77.0. The SMILES string of the molecule is CC(=O)CC[C@H]1C(=O)N[C@@H](C(C)C)C(=O)N[C@@H](Cc2cccc(O)c2)C(=O)N2CCCC(N2)C(=O)O[C@H](/C(C)=C/C=C/C(=O)NC(C)C)C/C=C/C=C/[C@H](O)[C@H](C)[C@H]1O.CC(=O)CC[C@H]1C(=O)N[C@@H](C(C)C)C(=O)N[C@@H](Cc2cccc(O)c2)C(=O)N2CCCC(N2)C(=O)O[C@H](/C(C)=C/C=O)C/C=C/C=C/[C@H](O)[C@H](C)[C@H]1O.CCOP(=O)(CC(=O)NC(C)C)OCC. The van der Waals surface area contributed by atoms with Crippen molar-refractivity contribution in [3.05, 3.63) is 144 Å². The van der Waals surface area contributed by atoms with Gasteiger partial charge in [0, 0.05) is 81.6 Å². The van der Waals surface area contributed by atoms with Crippen molar-refractivity contribution in [2.24, 2.45) is 35.5 Å². The minimum atomic E-state index is -3.24. The lowest BCUT2D eigenvalue weighted by atomic mass is 9.84. The minimum Gasteiger partial charge on any atom is -0.508 e. The first-order chi connectivity index (χ1) is 59.9. The Balaban J connectivity index is 0.000000459. The van der Waals surface area contributed by atoms with E-state index in [1.807, 2.05) is 27.7 Å². The lowest BCUT2D eigenvalue weighted by molar-refractivity contribution is -0.157. The Morgan fingerprint density at radius 2 is 0.969 bits per heavy atom. The molecule has 127 heavy (non-hydrogen) atoms. The van der Waals surface area contributed by atoms with E-state index >= 15 is 0 Å². The zero-order chi connectivity index (χ0) is 94.9. The van der Waals surface area contributed by atoms with Crippen molar-refractivity contribution in [2.75, 3.05) is 32.5 Å². The first-order valence-electron chi connectivity index (χ1n) is 43.6. The fourth-order valence-electron chi connectivity index (χ4n) is 14.1. The first kappa shape index (κ1) is 109. The Hall–Kier alpha value is -10.2. The molecule has 14 N–H and O–H groups in total. The van der Waals surface area contributed by atoms with Crippen LogP contribution in [-0.2, 0) is 98.3 Å². The van der Waals surface area contributed by atoms with E-state index in [1.54, 1.807) is 142 Å². The second-order valence-electron chi connectivity index (χ2n) is 33.6. The number of rotatable bonds is 25. The van der Waals surface area contributed by atoms with Crippen LogP contribution in [0.1, 0.15) is 186 Å². The van der Waals surface area contributed by atoms with Crippen LogP contribution in [0.25, 0.3) is 0 Å². The van der Waals surface area contributed by atoms with Gasteiger partial charge in [-0.1, -0.05) is 127 Å². The molecule has 4 aliphatic heterocycles. The van der Waals surface area contributed by atoms with Gasteiger partial charge < -0.3 is 90.7 Å². The van der Waals surface area contributed by atoms with Crippen molar-refractivity contribution < 1.29 is 116 Å². The van der Waals surface area contributed by atoms with Gasteiger partial charge in [-0.2, -0.15) is 0 Å². The van der Waals surface area contributed by atoms with Crippen LogP contribution in [0.3, 0.4) is 0 Å². The third-order valence-electron chi connectivity index (χ3n) is 21.3. The molecular formula is C92H137N10O24P. The van der Waals surface area contributed by atoms with Crippen LogP contribution >= 0.6 is 7.60 Å². The van der Waals surface area contributed by atoms with Crippen LogP contribution in [0.4, 0.5) is 0 Å². The molecule has 8 amide bonds. The second-order valence-corrected chi connectivity index (χ2v) is 35.6. The number of ether oxygens (including phenoxy) is 2. The molecule has 704 valence electrons. The van der Waals surface area contributed by atoms with Crippen molar-refractivity contribution in [3.8, 4) is 11.5 Å². The molecule has 35 heteroatoms. The third kappa shape index (κ3) is 38.4. The summed E-state index contributed by atoms with van der Waals surface area (Å²) in [5, 5.41) is 84.1. The van der Waals surface area contributed by atoms with E-state index in [0.29, 0.717) is 54.2 Å². The number of carbonyl (C=O) groups excluding carboxylic acids is 13. The van der Waals surface area contributed by atoms with Crippen molar-refractivity contribution in [1.29, 1.82) is 0 Å². The molecule has 4 heterocycles. The van der Waals surface area contributed by atoms with Crippen molar-refractivity contribution in [1.82, 2.24) is 52.8 Å². The number of cyclic esters (lactones) is 2. The molecule has 2 fully saturated rings. The van der Waals surface area contributed by atoms with E-state index in [9.17, 15) is 97.5 Å². The number of nitrogens with zero attached hydrogens (tertiary/aromatic N) is 2. The summed E-state index contributed by atoms with van der Waals surface area (Å²) in [6.45, 7) is 27.8. The average Bonchev–Trinajstić information content (AvgIpc) is 0.828. The lowest BCUT2D eigenvalue weighted by Crippen LogP contribution is -2.62. The quantitative estimate of drug-likeness (QED) is 0.0163. The number of phenolic OH excluding ortho intramolecular Hbond substituents is 2. The number of nitrogens with one attached hydrogen (secondary N) is 8. The third-order valence-corrected chi connectivity index (χ3v) is 23.3. The highest BCUT2D eigenvalue weighted by Crippen LogP contribution is 2.47. The minimum absolute atomic E-state index is 0.0224. The van der Waals surface area contributed by atoms with Gasteiger partial charge in [0.15, 0.2) is 0 Å². The topological polar surface area (TPSA) is 500 Å². The van der Waals surface area contributed by atoms with Crippen LogP contribution in [0.2, 0.25) is 0 Å². The summed E-state index contributed by atoms with van der Waals surface area (Å²) in [4.78, 5) is 170. The van der Waals surface area contributed by atoms with Gasteiger partial charge in [0.25, 0.3) is 11.8 Å². The van der Waals surface area contributed by atoms with Crippen molar-refractivity contribution in [2.45, 2.75) is 273 Å². The van der Waals surface area contributed by atoms with Gasteiger partial charge in [-0.05, 0) is 172 Å². The molecule has 2 unspecified atom stereocenters. The number of hydrazine groups is 2. The number of aromatic hydroxyl groups is 2. The number of phenols is 2. The first-order valence-corrected chi connectivity index (χ1v) is 45.3. The van der Waals surface area contributed by atoms with E-state index < -0.39 is 163 Å². The van der Waals surface area contributed by atoms with Crippen LogP contribution in [-0.4, -0.2) is 235 Å². The Morgan fingerprint density at radius 3 is 1.33 bits per heavy atom. The summed E-state index contributed by atoms with van der Waals surface area (Å²) >= 11 is 0. The van der Waals surface area contributed by atoms with Crippen LogP contribution in [0, 0.1) is 35.5 Å². The van der Waals surface area contributed by atoms with Crippen LogP contribution in [0.5, 0.6) is 11.5 Å². The molecule has 16 atom stereocenters. The maximum Gasteiger partial charge on any atom is 0.340 e. The molecule has 0 saturated carbocycles. The molecule has 34 nitrogen and oxygen atoms in total. The zero-order valence-electron chi connectivity index (χ0n) is 76.1. The maximum absolute atomic E-state index is 14.3. The second kappa shape index (κ2) is 55.5. The predicted molar refractivity (Wildman–Crippen MR) is 476 cm³/mol. The Labute approximate surface area is 745 Å². The number of aldehydes is 1. The smallest absolute Gasteiger partial charge is 0.340 e. The summed E-state index contributed by atoms with van der Waals surface area (Å²) < 4.78 is 33.7. The van der Waals surface area contributed by atoms with Crippen LogP contribution in [0.15, 0.2) is 133 Å². The standard InChI is InChI=1S/C44H63N5O10.C39H54N4O10.C9H20NO4P/c1-26(2)39-42(56)46-35(25-31-15-12-16-32(51)24-31)43(57)49-23-13-17-34(48-49)44(58)59-37(28(5)14-11-20-38(53)45-27(3)4)19-10-8-9-18-36(52)30(7)40(54)33(41(55)47-39)22-21-29(6)50;1-23(2)34-37(50)40-31(22-27-11-9-12-28(46)21-27)38(51)43-19-10-13-30(42-43)39(52)53-33(24(3)18-20-44)15-8-6-7-14-32(47)26(5)35(48)29(36(49)41-34)17-16-25(4)45;1-5-13-15(12,14-6-2)7-9(11)10-8(3)4/h8-12,14-16,18,20,24,26-27,30,33-37,39-40,48,51-52,54H,13,17,19,21-23,25H2,1-7H3,(H,45,53)(H,46,56)(H,47,55);6-9,11-12,14,18,20-21,23,26,29-35,42,46-48H,10,13,15-17,19,22H2,1-5H3,(H,40,50)(H,41,49);8H,5-7H2,1-4H3,(H,10,11)/b10-8+,18-9+,20-11+,28-14+;8-6+,14-7+,24-18+;/t30-,33+,34?,35-,36-,37-,39-,40+;26-,29+,30?,31-,32-,33-,34-,35+;/m00./s1. The number of aliphatic hydroxyl groups excluding tert-OH is 4. The van der Waals surface area contributed by atoms with E-state index in [4.69, 9.17) is 18.5 Å². The van der Waals surface area contributed by atoms with Gasteiger partial charge in [-0.3, -0.25) is 67.3 Å². The van der Waals surface area contributed by atoms with Gasteiger partial charge in [-0.25, -0.2) is 10.9 Å². The van der Waals surface area contributed by atoms with E-state index in [-0.39, 0.29) is 131 Å². The van der Waals surface area contributed by atoms with E-state index in [2.05, 4.69) is 42.8 Å². The molecule has 0 aromatic heterocycles. The van der Waals surface area contributed by atoms with E-state index in [1.165, 1.54) is 72.4 Å². The lowest BCUT2D eigenvalue weighted by Gasteiger charge is -2.36. The Morgan fingerprint density at radius 1 is 0.567 bits per heavy atom. The fraction of sp³-hybridized carbons (Fsp3) is 0.576. The molecule has 2 aromatic rings. The fourth-order valence-corrected chi connectivity index (χ4v) is 15.6. The average molecular weight is 1800 g/mol. The predicted octanol–water partition coefficient (Wildman–Crippen LogP) is 6.60. The molecule has 2 saturated heterocycles. The molecule has 4 aliphatic rings. The maximum atomic E-state index is 14.3. The van der Waals surface area contributed by atoms with Gasteiger partial charge >= 0.3 is 19.5 Å². The number of hydrogen-bond donors (Lipinski definition) is 14. The molecule has 6 rings (SSSR count). The van der Waals surface area contributed by atoms with Gasteiger partial charge in [0.05, 0.1) is 49.5 Å². The Bertz CT molecular complexity index is 4260. The highest BCUT2D eigenvalue weighted by Gasteiger charge is 2.42. The van der Waals surface area contributed by atoms with Gasteiger partial charge in [0.1, 0.15) is 84.0 Å². The monoisotopic (exact) mass is 1800 g/mol. The Kier molecular flexibility index (Phi) is 47.7. The highest BCUT2D eigenvalue weighted by atomic mass is 31.2. The number of aliphatic hydroxyl groups is 4. The number of hydrogen-bond acceptors (Lipinski definition) is 26. The van der Waals surface area contributed by atoms with Crippen molar-refractivity contribution >= 4 is 84.6 Å². The van der Waals surface area contributed by atoms with Crippen LogP contribution < -0.4 is 42.8 Å². The molecule has 0 aliphatic carbocycles. The number of amides is 8. The normalized spacial score (nSPS) is 27.0. The number of ketones is 2.